The molecule has 0 aliphatic rings. The average Bonchev–Trinajstić information content (AvgIpc) is 2.58. The van der Waals surface area contributed by atoms with Crippen molar-refractivity contribution in [3.05, 3.63) is 0 Å². The van der Waals surface area contributed by atoms with Crippen LogP contribution in [0.5, 0.6) is 0 Å². The maximum absolute atomic E-state index is 12.8. The van der Waals surface area contributed by atoms with Crippen molar-refractivity contribution in [3.63, 3.8) is 0 Å². The Bertz CT molecular complexity index is 2520. The molecule has 0 rings (SSSR count). The standard InChI is InChI=1S/K.12Mo.H3O4P.3H2O.33O.Zn/c;;;;;;;;;;;;;1-5(2,3)4;;;;;;;;;;;;;;;;;;;;;;;;;;;;;;;;;;;;;/h;;;;;;;;;;;;;(H3,1,2,3,4);3*1H2;;;;;;;;;;;;;;;;;;;;;;;;;;;;;;;;;;/q+1;;;;;;;6*+1;;;;;;;;;;;;;;;;;;;;;;;;;;;;;;;;;;;;;;+2/p-6. The van der Waals surface area contributed by atoms with E-state index >= 15 is 0 Å². The molecule has 320 valence electrons. The van der Waals surface area contributed by atoms with Gasteiger partial charge in [0.2, 0.25) is 0 Å². The minimum atomic E-state index is -8.79. The van der Waals surface area contributed by atoms with Gasteiger partial charge in [0.25, 0.3) is 0 Å². The monoisotopic (exact) mass is 1950 g/mol. The Hall–Kier alpha value is 5.35. The third-order valence-electron chi connectivity index (χ3n) is 2.06. The van der Waals surface area contributed by atoms with Gasteiger partial charge in [-0.2, -0.15) is 0 Å². The molecule has 0 spiro atoms. The minimum Gasteiger partial charge on any atom is 1.00 e. The van der Waals surface area contributed by atoms with Crippen LogP contribution in [-0.2, 0) is 334 Å². The van der Waals surface area contributed by atoms with Gasteiger partial charge in [0.05, 0.1) is 0 Å². The van der Waals surface area contributed by atoms with Gasteiger partial charge in [0.1, 0.15) is 0 Å². The average molecular weight is 1930 g/mol. The molecule has 40 nitrogen and oxygen atoms in total. The van der Waals surface area contributed by atoms with Gasteiger partial charge >= 0.3 is 405 Å². The maximum atomic E-state index is 12.8. The van der Waals surface area contributed by atoms with E-state index in [2.05, 4.69) is 27.9 Å². The zero-order valence-electron chi connectivity index (χ0n) is 23.5. The topological polar surface area (TPSA) is 598 Å². The third-order valence-corrected chi connectivity index (χ3v) is 62.5. The van der Waals surface area contributed by atoms with Crippen LogP contribution < -0.4 is 51.4 Å². The molecule has 0 fully saturated rings. The first-order valence-electron chi connectivity index (χ1n) is 8.78. The fourth-order valence-electron chi connectivity index (χ4n) is 1.41. The summed E-state index contributed by atoms with van der Waals surface area (Å²) in [6.07, 6.45) is 0. The molecule has 55 heteroatoms. The van der Waals surface area contributed by atoms with E-state index < -0.39 is 209 Å². The molecule has 0 aromatic rings. The van der Waals surface area contributed by atoms with Crippen LogP contribution in [0.1, 0.15) is 0 Å². The van der Waals surface area contributed by atoms with Crippen LogP contribution in [0.15, 0.2) is 0 Å². The smallest absolute Gasteiger partial charge is 1.00 e. The molecule has 55 heavy (non-hydrogen) atoms. The first-order valence-corrected chi connectivity index (χ1v) is 49.8. The molecule has 0 radical (unpaired) electrons. The van der Waals surface area contributed by atoms with E-state index in [0.29, 0.717) is 0 Å². The molecular formula is H3KMo12O40PZn+3. The van der Waals surface area contributed by atoms with Gasteiger partial charge in [0.15, 0.2) is 0 Å². The molecule has 3 N–H and O–H groups in total. The molecule has 0 bridgehead atoms. The van der Waals surface area contributed by atoms with Crippen molar-refractivity contribution in [1.82, 2.24) is 0 Å². The second-order valence-corrected chi connectivity index (χ2v) is 56.1. The molecular weight excluding hydrogens is 1930 g/mol. The molecule has 0 saturated heterocycles. The predicted molar refractivity (Wildman–Crippen MR) is 43.8 cm³/mol. The van der Waals surface area contributed by atoms with Gasteiger partial charge in [-0.1, -0.05) is 0 Å². The van der Waals surface area contributed by atoms with E-state index in [0.717, 1.165) is 0 Å². The molecule has 0 aliphatic carbocycles. The Morgan fingerprint density at radius 2 is 0.400 bits per heavy atom. The van der Waals surface area contributed by atoms with Crippen molar-refractivity contribution in [1.29, 1.82) is 0 Å². The molecule has 0 aromatic heterocycles. The van der Waals surface area contributed by atoms with E-state index in [1.165, 1.54) is 0 Å². The number of hydrogen-bond acceptors (Lipinski definition) is 37. The Labute approximate surface area is 395 Å². The Balaban J connectivity index is -0.0000135. The van der Waals surface area contributed by atoms with Gasteiger partial charge < -0.3 is 0 Å². The van der Waals surface area contributed by atoms with Gasteiger partial charge in [-0.25, -0.2) is 0 Å². The second kappa shape index (κ2) is 22.2. The van der Waals surface area contributed by atoms with Crippen LogP contribution in [-0.4, -0.2) is 11.3 Å². The summed E-state index contributed by atoms with van der Waals surface area (Å²) in [5, 5.41) is 0. The summed E-state index contributed by atoms with van der Waals surface area (Å²) in [7, 11) is -7.91. The van der Waals surface area contributed by atoms with Crippen molar-refractivity contribution in [3.8, 4) is 0 Å². The van der Waals surface area contributed by atoms with Crippen molar-refractivity contribution in [2.75, 3.05) is 0 Å². The summed E-state index contributed by atoms with van der Waals surface area (Å²) in [5.74, 6) is 0. The first kappa shape index (κ1) is 64.6. The van der Waals surface area contributed by atoms with Crippen molar-refractivity contribution < 1.29 is 397 Å². The third kappa shape index (κ3) is 32.6. The van der Waals surface area contributed by atoms with E-state index in [-0.39, 0.29) is 70.9 Å². The molecule has 0 heterocycles. The molecule has 0 aliphatic heterocycles. The second-order valence-electron chi connectivity index (χ2n) is 6.24. The molecule has 0 atom stereocenters. The van der Waals surface area contributed by atoms with E-state index in [9.17, 15) is 86.1 Å². The zero-order chi connectivity index (χ0) is 43.0. The SMILES string of the molecule is O=P([O][Mo](=[O])(=[O])[O][Mo](=[O])(=[O])[O][Mo](=[O])(=[O])[O][Mo](=[O])(=[O])[OH])([O][Mo](=[O])(=[O])[O][Mo](=[O])(=[O])[O][Mo](=[O])(=[O])[O][Mo](=[O])(=[O])[OH])[O][Mo](=[O])(=[O])[O][Mo](=[O])(=[O])[O][Mo](=[O])(=[O])[O][Mo](=[O])(=[O])[OH].[K+].[Zn+2]. The molecule has 0 unspecified atom stereocenters. The van der Waals surface area contributed by atoms with Crippen LogP contribution in [0, 0.1) is 0 Å². The number of rotatable bonds is 24. The Morgan fingerprint density at radius 1 is 0.273 bits per heavy atom. The molecule has 0 aromatic carbocycles. The van der Waals surface area contributed by atoms with E-state index in [1.54, 1.807) is 0 Å². The maximum Gasteiger partial charge on any atom is 2.00 e. The summed E-state index contributed by atoms with van der Waals surface area (Å²) in [4.78, 5) is 0. The minimum absolute atomic E-state index is 0. The van der Waals surface area contributed by atoms with E-state index in [4.69, 9.17) is 11.3 Å². The quantitative estimate of drug-likeness (QED) is 0.0597. The van der Waals surface area contributed by atoms with Gasteiger partial charge in [-0.05, 0) is 0 Å². The Kier molecular flexibility index (Phi) is 26.1. The first-order chi connectivity index (χ1) is 22.5. The predicted octanol–water partition coefficient (Wildman–Crippen LogP) is -7.63. The summed E-state index contributed by atoms with van der Waals surface area (Å²) >= 11 is -97.4. The van der Waals surface area contributed by atoms with Crippen molar-refractivity contribution in [2.45, 2.75) is 0 Å². The van der Waals surface area contributed by atoms with Gasteiger partial charge in [-0.3, -0.25) is 0 Å². The van der Waals surface area contributed by atoms with Crippen LogP contribution >= 0.6 is 7.82 Å². The van der Waals surface area contributed by atoms with Crippen LogP contribution in [0.3, 0.4) is 0 Å². The molecule has 0 amide bonds. The number of hydrogen-bond donors (Lipinski definition) is 3. The van der Waals surface area contributed by atoms with Crippen LogP contribution in [0.25, 0.3) is 0 Å². The van der Waals surface area contributed by atoms with Gasteiger partial charge in [0, 0.05) is 0 Å². The summed E-state index contributed by atoms with van der Waals surface area (Å²) in [5.41, 5.74) is 0. The summed E-state index contributed by atoms with van der Waals surface area (Å²) in [6, 6.07) is 0. The van der Waals surface area contributed by atoms with Crippen LogP contribution in [0.2, 0.25) is 0 Å². The van der Waals surface area contributed by atoms with Gasteiger partial charge in [-0.15, -0.1) is 0 Å². The van der Waals surface area contributed by atoms with Crippen molar-refractivity contribution >= 4 is 7.82 Å². The Morgan fingerprint density at radius 3 is 0.545 bits per heavy atom. The number of phosphoric acid groups is 1. The fraction of sp³-hybridized carbons (Fsp3) is 0. The molecule has 0 saturated carbocycles. The zero-order valence-corrected chi connectivity index (χ0v) is 54.6. The van der Waals surface area contributed by atoms with Crippen molar-refractivity contribution in [2.24, 2.45) is 0 Å². The summed E-state index contributed by atoms with van der Waals surface area (Å²) in [6.45, 7) is 0. The van der Waals surface area contributed by atoms with Crippen LogP contribution in [0.4, 0.5) is 0 Å². The fourth-order valence-corrected chi connectivity index (χ4v) is 60.4. The normalized spacial score (nSPS) is 15.0. The summed E-state index contributed by atoms with van der Waals surface area (Å²) < 4.78 is 347. The van der Waals surface area contributed by atoms with E-state index in [1.807, 2.05) is 0 Å². The largest absolute Gasteiger partial charge is 2.00 e.